The number of methoxy groups -OCH3 is 2. The van der Waals surface area contributed by atoms with Gasteiger partial charge in [-0.15, -0.1) is 0 Å². The molecule has 1 aliphatic rings. The topological polar surface area (TPSA) is 111 Å². The molecule has 0 aliphatic carbocycles. The van der Waals surface area contributed by atoms with Crippen molar-refractivity contribution in [3.05, 3.63) is 23.8 Å². The largest absolute Gasteiger partial charge is 0.493 e. The number of nitrogens with zero attached hydrogens (tertiary/aromatic N) is 3. The van der Waals surface area contributed by atoms with Crippen LogP contribution in [0.3, 0.4) is 0 Å². The second-order valence-corrected chi connectivity index (χ2v) is 6.43. The van der Waals surface area contributed by atoms with Crippen molar-refractivity contribution in [2.75, 3.05) is 20.0 Å². The number of aromatic nitrogens is 2. The molecule has 2 heterocycles. The minimum Gasteiger partial charge on any atom is -0.493 e. The van der Waals surface area contributed by atoms with E-state index in [0.717, 1.165) is 5.57 Å². The predicted molar refractivity (Wildman–Crippen MR) is 98.4 cm³/mol. The van der Waals surface area contributed by atoms with Gasteiger partial charge in [-0.3, -0.25) is 4.90 Å². The average molecular weight is 376 g/mol. The van der Waals surface area contributed by atoms with Crippen molar-refractivity contribution in [1.29, 1.82) is 0 Å². The Bertz CT molecular complexity index is 947. The number of rotatable bonds is 3. The number of carboxylic acid groups (broad SMARTS) is 1. The zero-order valence-electron chi connectivity index (χ0n) is 15.5. The summed E-state index contributed by atoms with van der Waals surface area (Å²) in [7, 11) is 2.74. The number of ether oxygens (including phenoxy) is 2. The summed E-state index contributed by atoms with van der Waals surface area (Å²) in [6.07, 6.45) is 1.16. The zero-order chi connectivity index (χ0) is 19.9. The minimum absolute atomic E-state index is 0.0250. The lowest BCUT2D eigenvalue weighted by Crippen LogP contribution is -2.45. The maximum Gasteiger partial charge on any atom is 0.408 e. The van der Waals surface area contributed by atoms with Crippen LogP contribution in [-0.4, -0.2) is 52.4 Å². The molecule has 3 N–H and O–H groups in total. The molecule has 0 saturated carbocycles. The lowest BCUT2D eigenvalue weighted by atomic mass is 9.96. The number of nitrogen functional groups attached to an aromatic ring is 1. The van der Waals surface area contributed by atoms with Crippen LogP contribution in [0.15, 0.2) is 12.1 Å². The van der Waals surface area contributed by atoms with Crippen LogP contribution in [0.5, 0.6) is 11.5 Å². The van der Waals surface area contributed by atoms with Gasteiger partial charge in [0.1, 0.15) is 11.3 Å². The number of carbonyl (C=O) groups is 1. The van der Waals surface area contributed by atoms with Crippen molar-refractivity contribution >= 4 is 28.4 Å². The summed E-state index contributed by atoms with van der Waals surface area (Å²) in [5.74, 6) is -0.175. The van der Waals surface area contributed by atoms with E-state index in [-0.39, 0.29) is 40.7 Å². The van der Waals surface area contributed by atoms with Crippen molar-refractivity contribution in [3.63, 3.8) is 0 Å². The van der Waals surface area contributed by atoms with Gasteiger partial charge in [0, 0.05) is 11.4 Å². The Labute approximate surface area is 155 Å². The van der Waals surface area contributed by atoms with E-state index in [9.17, 15) is 14.3 Å². The smallest absolute Gasteiger partial charge is 0.408 e. The fourth-order valence-electron chi connectivity index (χ4n) is 3.48. The van der Waals surface area contributed by atoms with Gasteiger partial charge in [0.2, 0.25) is 0 Å². The molecule has 1 aliphatic heterocycles. The lowest BCUT2D eigenvalue weighted by Gasteiger charge is -2.35. The first-order valence-electron chi connectivity index (χ1n) is 8.38. The summed E-state index contributed by atoms with van der Waals surface area (Å²) in [4.78, 5) is 21.4. The van der Waals surface area contributed by atoms with Crippen molar-refractivity contribution in [2.45, 2.75) is 32.4 Å². The maximum atomic E-state index is 14.9. The SMILES string of the molecule is COc1cc2c(N)nc(C3=CC(C)N(C(=O)O)C(C)C3)nc2c(F)c1OC. The number of anilines is 1. The minimum atomic E-state index is -0.993. The fourth-order valence-corrected chi connectivity index (χ4v) is 3.48. The van der Waals surface area contributed by atoms with Gasteiger partial charge in [0.15, 0.2) is 23.1 Å². The summed E-state index contributed by atoms with van der Waals surface area (Å²) >= 11 is 0. The van der Waals surface area contributed by atoms with Crippen molar-refractivity contribution in [3.8, 4) is 11.5 Å². The molecular formula is C18H21FN4O4. The second kappa shape index (κ2) is 6.90. The highest BCUT2D eigenvalue weighted by atomic mass is 19.1. The quantitative estimate of drug-likeness (QED) is 0.847. The number of nitrogens with two attached hydrogens (primary N) is 1. The number of hydrogen-bond acceptors (Lipinski definition) is 6. The molecule has 0 bridgehead atoms. The van der Waals surface area contributed by atoms with Gasteiger partial charge in [0.05, 0.1) is 20.3 Å². The Morgan fingerprint density at radius 2 is 2.04 bits per heavy atom. The van der Waals surface area contributed by atoms with Crippen molar-refractivity contribution < 1.29 is 23.8 Å². The van der Waals surface area contributed by atoms with Gasteiger partial charge in [-0.2, -0.15) is 0 Å². The molecule has 144 valence electrons. The van der Waals surface area contributed by atoms with Crippen LogP contribution in [0.4, 0.5) is 15.0 Å². The van der Waals surface area contributed by atoms with Crippen molar-refractivity contribution in [1.82, 2.24) is 14.9 Å². The second-order valence-electron chi connectivity index (χ2n) is 6.43. The van der Waals surface area contributed by atoms with Gasteiger partial charge in [-0.05, 0) is 31.9 Å². The van der Waals surface area contributed by atoms with Gasteiger partial charge < -0.3 is 20.3 Å². The number of amides is 1. The lowest BCUT2D eigenvalue weighted by molar-refractivity contribution is 0.116. The molecule has 1 amide bonds. The van der Waals surface area contributed by atoms with E-state index in [2.05, 4.69) is 9.97 Å². The van der Waals surface area contributed by atoms with E-state index < -0.39 is 11.9 Å². The normalized spacial score (nSPS) is 19.7. The molecule has 9 heteroatoms. The van der Waals surface area contributed by atoms with Crippen LogP contribution in [0.2, 0.25) is 0 Å². The van der Waals surface area contributed by atoms with E-state index in [1.54, 1.807) is 19.9 Å². The summed E-state index contributed by atoms with van der Waals surface area (Å²) in [6, 6.07) is 0.897. The number of hydrogen-bond donors (Lipinski definition) is 2. The average Bonchev–Trinajstić information content (AvgIpc) is 2.60. The monoisotopic (exact) mass is 376 g/mol. The van der Waals surface area contributed by atoms with E-state index in [4.69, 9.17) is 15.2 Å². The highest BCUT2D eigenvalue weighted by molar-refractivity contribution is 5.92. The fraction of sp³-hybridized carbons (Fsp3) is 0.389. The molecule has 3 rings (SSSR count). The van der Waals surface area contributed by atoms with Crippen molar-refractivity contribution in [2.24, 2.45) is 0 Å². The van der Waals surface area contributed by atoms with Crippen LogP contribution in [0.1, 0.15) is 26.1 Å². The van der Waals surface area contributed by atoms with Gasteiger partial charge >= 0.3 is 6.09 Å². The van der Waals surface area contributed by atoms with E-state index in [1.165, 1.54) is 25.2 Å². The molecule has 27 heavy (non-hydrogen) atoms. The third kappa shape index (κ3) is 3.09. The molecule has 1 aromatic carbocycles. The Morgan fingerprint density at radius 3 is 2.59 bits per heavy atom. The summed E-state index contributed by atoms with van der Waals surface area (Å²) < 4.78 is 25.1. The number of halogens is 1. The number of benzene rings is 1. The molecule has 2 unspecified atom stereocenters. The Morgan fingerprint density at radius 1 is 1.33 bits per heavy atom. The van der Waals surface area contributed by atoms with Gasteiger partial charge in [-0.25, -0.2) is 19.2 Å². The van der Waals surface area contributed by atoms with Crippen LogP contribution in [0.25, 0.3) is 16.5 Å². The molecule has 8 nitrogen and oxygen atoms in total. The van der Waals surface area contributed by atoms with Gasteiger partial charge in [0.25, 0.3) is 0 Å². The summed E-state index contributed by atoms with van der Waals surface area (Å²) in [5, 5.41) is 9.65. The van der Waals surface area contributed by atoms with E-state index in [0.29, 0.717) is 11.8 Å². The Hall–Kier alpha value is -3.10. The first kappa shape index (κ1) is 18.7. The molecule has 2 aromatic rings. The highest BCUT2D eigenvalue weighted by Gasteiger charge is 2.30. The Balaban J connectivity index is 2.16. The number of fused-ring (bicyclic) bond motifs is 1. The van der Waals surface area contributed by atoms with E-state index in [1.807, 2.05) is 0 Å². The molecule has 0 saturated heterocycles. The third-order valence-corrected chi connectivity index (χ3v) is 4.69. The van der Waals surface area contributed by atoms with Crippen LogP contribution in [-0.2, 0) is 0 Å². The molecule has 2 atom stereocenters. The summed E-state index contributed by atoms with van der Waals surface area (Å²) in [6.45, 7) is 3.57. The molecule has 0 radical (unpaired) electrons. The van der Waals surface area contributed by atoms with Gasteiger partial charge in [-0.1, -0.05) is 6.08 Å². The van der Waals surface area contributed by atoms with Crippen LogP contribution < -0.4 is 15.2 Å². The van der Waals surface area contributed by atoms with Crippen LogP contribution in [0, 0.1) is 5.82 Å². The summed E-state index contributed by atoms with van der Waals surface area (Å²) in [5.41, 5.74) is 6.79. The van der Waals surface area contributed by atoms with E-state index >= 15 is 0 Å². The molecular weight excluding hydrogens is 355 g/mol. The predicted octanol–water partition coefficient (Wildman–Crippen LogP) is 2.91. The maximum absolute atomic E-state index is 14.9. The molecule has 0 spiro atoms. The zero-order valence-corrected chi connectivity index (χ0v) is 15.5. The first-order chi connectivity index (χ1) is 12.8. The Kier molecular flexibility index (Phi) is 4.77. The molecule has 1 aromatic heterocycles. The standard InChI is InChI=1S/C18H21FN4O4/c1-8-5-10(6-9(2)23(8)18(24)25)17-21-14-11(16(20)22-17)7-12(26-3)15(27-4)13(14)19/h5,7-9H,6H2,1-4H3,(H,24,25)(H2,20,21,22). The molecule has 0 fully saturated rings. The third-order valence-electron chi connectivity index (χ3n) is 4.69. The van der Waals surface area contributed by atoms with Crippen LogP contribution >= 0.6 is 0 Å². The first-order valence-corrected chi connectivity index (χ1v) is 8.38. The highest BCUT2D eigenvalue weighted by Crippen LogP contribution is 2.38.